The summed E-state index contributed by atoms with van der Waals surface area (Å²) in [6, 6.07) is 1.95. The molecule has 1 aromatic heterocycles. The maximum Gasteiger partial charge on any atom is 0.341 e. The van der Waals surface area contributed by atoms with Gasteiger partial charge >= 0.3 is 5.97 Å². The number of nitrogens with zero attached hydrogens (tertiary/aromatic N) is 3. The predicted molar refractivity (Wildman–Crippen MR) is 79.5 cm³/mol. The number of hydrogen-bond acceptors (Lipinski definition) is 8. The Hall–Kier alpha value is -2.66. The van der Waals surface area contributed by atoms with Crippen molar-refractivity contribution < 1.29 is 23.5 Å². The lowest BCUT2D eigenvalue weighted by atomic mass is 10.2. The summed E-state index contributed by atoms with van der Waals surface area (Å²) in [4.78, 5) is 29.2. The fraction of sp³-hybridized carbons (Fsp3) is 0.467. The third kappa shape index (κ3) is 3.96. The highest BCUT2D eigenvalue weighted by Gasteiger charge is 2.23. The van der Waals surface area contributed by atoms with Crippen LogP contribution in [0.4, 0.5) is 5.88 Å². The maximum atomic E-state index is 11.8. The summed E-state index contributed by atoms with van der Waals surface area (Å²) in [5, 5.41) is 9.19. The van der Waals surface area contributed by atoms with E-state index >= 15 is 0 Å². The number of morpholine rings is 1. The number of esters is 1. The van der Waals surface area contributed by atoms with Gasteiger partial charge in [0.2, 0.25) is 17.5 Å². The Bertz CT molecular complexity index is 665. The molecule has 0 saturated carbocycles. The second kappa shape index (κ2) is 7.56. The van der Waals surface area contributed by atoms with E-state index in [-0.39, 0.29) is 23.8 Å². The van der Waals surface area contributed by atoms with E-state index in [2.05, 4.69) is 4.98 Å². The summed E-state index contributed by atoms with van der Waals surface area (Å²) >= 11 is 0. The van der Waals surface area contributed by atoms with Gasteiger partial charge < -0.3 is 18.8 Å². The van der Waals surface area contributed by atoms with Crippen molar-refractivity contribution in [3.8, 4) is 6.07 Å². The number of anilines is 1. The number of carbonyl (C=O) groups excluding carboxylic acids is 2. The molecule has 1 aromatic rings. The molecular weight excluding hydrogens is 302 g/mol. The molecule has 0 N–H and O–H groups in total. The zero-order valence-corrected chi connectivity index (χ0v) is 13.0. The number of ketones is 1. The third-order valence-corrected chi connectivity index (χ3v) is 3.17. The van der Waals surface area contributed by atoms with Crippen molar-refractivity contribution in [2.75, 3.05) is 37.8 Å². The molecule has 0 unspecified atom stereocenters. The highest BCUT2D eigenvalue weighted by molar-refractivity contribution is 6.19. The smallest absolute Gasteiger partial charge is 0.341 e. The van der Waals surface area contributed by atoms with Gasteiger partial charge in [-0.1, -0.05) is 0 Å². The van der Waals surface area contributed by atoms with E-state index in [4.69, 9.17) is 13.9 Å². The minimum absolute atomic E-state index is 0.0151. The lowest BCUT2D eigenvalue weighted by Gasteiger charge is -2.25. The minimum atomic E-state index is -0.746. The number of oxazole rings is 1. The van der Waals surface area contributed by atoms with Crippen molar-refractivity contribution in [3.63, 3.8) is 0 Å². The van der Waals surface area contributed by atoms with E-state index in [9.17, 15) is 14.9 Å². The van der Waals surface area contributed by atoms with Crippen LogP contribution in [0.15, 0.2) is 9.99 Å². The van der Waals surface area contributed by atoms with Crippen molar-refractivity contribution >= 4 is 23.7 Å². The Labute approximate surface area is 133 Å². The van der Waals surface area contributed by atoms with E-state index in [1.807, 2.05) is 11.0 Å². The highest BCUT2D eigenvalue weighted by Crippen LogP contribution is 2.24. The zero-order chi connectivity index (χ0) is 16.8. The molecule has 0 bridgehead atoms. The third-order valence-electron chi connectivity index (χ3n) is 3.17. The van der Waals surface area contributed by atoms with Gasteiger partial charge in [-0.2, -0.15) is 10.2 Å². The van der Waals surface area contributed by atoms with Gasteiger partial charge in [-0.3, -0.25) is 4.79 Å². The zero-order valence-electron chi connectivity index (χ0n) is 13.0. The van der Waals surface area contributed by atoms with Crippen molar-refractivity contribution in [1.29, 1.82) is 5.26 Å². The Kier molecular flexibility index (Phi) is 5.49. The summed E-state index contributed by atoms with van der Waals surface area (Å²) in [7, 11) is 0. The summed E-state index contributed by atoms with van der Waals surface area (Å²) in [5.41, 5.74) is -0.0731. The van der Waals surface area contributed by atoms with Crippen LogP contribution in [-0.4, -0.2) is 49.6 Å². The molecule has 1 fully saturated rings. The minimum Gasteiger partial charge on any atom is -0.462 e. The Balaban J connectivity index is 2.33. The second-order valence-corrected chi connectivity index (χ2v) is 4.75. The van der Waals surface area contributed by atoms with Crippen LogP contribution in [0.2, 0.25) is 0 Å². The number of aromatic nitrogens is 1. The predicted octanol–water partition coefficient (Wildman–Crippen LogP) is 0.918. The SMILES string of the molecule is CCOC(=O)/C(=C\c1nc(C#N)c(N2CCOCC2)o1)C(C)=O. The highest BCUT2D eigenvalue weighted by atomic mass is 16.5. The van der Waals surface area contributed by atoms with Gasteiger partial charge in [0.1, 0.15) is 11.6 Å². The fourth-order valence-electron chi connectivity index (χ4n) is 2.08. The van der Waals surface area contributed by atoms with E-state index in [1.165, 1.54) is 13.0 Å². The number of carbonyl (C=O) groups is 2. The summed E-state index contributed by atoms with van der Waals surface area (Å²) < 4.78 is 15.6. The standard InChI is InChI=1S/C15H17N3O5/c1-3-22-15(20)11(10(2)19)8-13-17-12(9-16)14(23-13)18-4-6-21-7-5-18/h8H,3-7H2,1-2H3/b11-8-. The first-order chi connectivity index (χ1) is 11.1. The van der Waals surface area contributed by atoms with Crippen LogP contribution in [0.3, 0.4) is 0 Å². The number of hydrogen-bond donors (Lipinski definition) is 0. The molecule has 23 heavy (non-hydrogen) atoms. The molecule has 122 valence electrons. The van der Waals surface area contributed by atoms with E-state index in [0.29, 0.717) is 32.2 Å². The molecule has 2 rings (SSSR count). The second-order valence-electron chi connectivity index (χ2n) is 4.75. The van der Waals surface area contributed by atoms with Crippen LogP contribution in [-0.2, 0) is 19.1 Å². The molecule has 0 amide bonds. The van der Waals surface area contributed by atoms with Crippen molar-refractivity contribution in [3.05, 3.63) is 17.2 Å². The molecule has 0 radical (unpaired) electrons. The van der Waals surface area contributed by atoms with Gasteiger partial charge in [0.05, 0.1) is 19.8 Å². The lowest BCUT2D eigenvalue weighted by Crippen LogP contribution is -2.36. The van der Waals surface area contributed by atoms with Gasteiger partial charge in [-0.25, -0.2) is 4.79 Å². The molecule has 0 spiro atoms. The van der Waals surface area contributed by atoms with Crippen molar-refractivity contribution in [1.82, 2.24) is 4.98 Å². The van der Waals surface area contributed by atoms with Crippen LogP contribution in [0.1, 0.15) is 25.4 Å². The quantitative estimate of drug-likeness (QED) is 0.341. The van der Waals surface area contributed by atoms with Crippen LogP contribution < -0.4 is 4.90 Å². The average Bonchev–Trinajstić information content (AvgIpc) is 2.96. The topological polar surface area (TPSA) is 106 Å². The fourth-order valence-corrected chi connectivity index (χ4v) is 2.08. The average molecular weight is 319 g/mol. The van der Waals surface area contributed by atoms with E-state index in [0.717, 1.165) is 0 Å². The van der Waals surface area contributed by atoms with E-state index in [1.54, 1.807) is 6.92 Å². The van der Waals surface area contributed by atoms with Crippen LogP contribution in [0, 0.1) is 11.3 Å². The number of rotatable bonds is 5. The van der Waals surface area contributed by atoms with Gasteiger partial charge in [-0.15, -0.1) is 0 Å². The maximum absolute atomic E-state index is 11.8. The molecule has 1 saturated heterocycles. The summed E-state index contributed by atoms with van der Waals surface area (Å²) in [5.74, 6) is -0.882. The summed E-state index contributed by atoms with van der Waals surface area (Å²) in [6.45, 7) is 5.24. The van der Waals surface area contributed by atoms with Gasteiger partial charge in [-0.05, 0) is 13.8 Å². The molecule has 8 nitrogen and oxygen atoms in total. The first kappa shape index (κ1) is 16.7. The molecule has 0 aromatic carbocycles. The Morgan fingerprint density at radius 1 is 1.43 bits per heavy atom. The Morgan fingerprint density at radius 2 is 2.13 bits per heavy atom. The molecular formula is C15H17N3O5. The molecule has 2 heterocycles. The number of ether oxygens (including phenoxy) is 2. The first-order valence-electron chi connectivity index (χ1n) is 7.20. The molecule has 8 heteroatoms. The monoisotopic (exact) mass is 319 g/mol. The van der Waals surface area contributed by atoms with Crippen molar-refractivity contribution in [2.24, 2.45) is 0 Å². The number of Topliss-reactive ketones (excluding diaryl/α,β-unsaturated/α-hetero) is 1. The van der Waals surface area contributed by atoms with E-state index < -0.39 is 11.8 Å². The van der Waals surface area contributed by atoms with Gasteiger partial charge in [0, 0.05) is 19.2 Å². The largest absolute Gasteiger partial charge is 0.462 e. The summed E-state index contributed by atoms with van der Waals surface area (Å²) in [6.07, 6.45) is 1.20. The van der Waals surface area contributed by atoms with Gasteiger partial charge in [0.25, 0.3) is 0 Å². The molecule has 1 aliphatic rings. The Morgan fingerprint density at radius 3 is 2.70 bits per heavy atom. The van der Waals surface area contributed by atoms with Crippen molar-refractivity contribution in [2.45, 2.75) is 13.8 Å². The van der Waals surface area contributed by atoms with Crippen LogP contribution in [0.25, 0.3) is 6.08 Å². The molecule has 0 aliphatic carbocycles. The lowest BCUT2D eigenvalue weighted by molar-refractivity contribution is -0.139. The first-order valence-corrected chi connectivity index (χ1v) is 7.20. The molecule has 1 aliphatic heterocycles. The normalized spacial score (nSPS) is 15.2. The molecule has 0 atom stereocenters. The van der Waals surface area contributed by atoms with Crippen LogP contribution >= 0.6 is 0 Å². The van der Waals surface area contributed by atoms with Gasteiger partial charge in [0.15, 0.2) is 5.78 Å². The van der Waals surface area contributed by atoms with Crippen LogP contribution in [0.5, 0.6) is 0 Å². The number of nitriles is 1.